The number of hydrogen-bond donors (Lipinski definition) is 0. The fourth-order valence-electron chi connectivity index (χ4n) is 4.09. The van der Waals surface area contributed by atoms with Gasteiger partial charge in [0.05, 0.1) is 12.7 Å². The normalized spacial score (nSPS) is 19.5. The lowest BCUT2D eigenvalue weighted by Gasteiger charge is -2.29. The summed E-state index contributed by atoms with van der Waals surface area (Å²) < 4.78 is 49.9. The standard InChI is InChI=1S/C25H31F3O/c1-3-5-7-17-9-14-23(29-16-17)21-13-12-20(24(27)25(21)28)19-11-10-18(8-6-4-2)22(26)15-19/h10-13,15,17,23H,3-9,14,16H2,1-2H3. The van der Waals surface area contributed by atoms with Gasteiger partial charge in [0.25, 0.3) is 0 Å². The first-order chi connectivity index (χ1) is 14.0. The molecule has 0 N–H and O–H groups in total. The molecule has 2 atom stereocenters. The second-order valence-electron chi connectivity index (χ2n) is 8.15. The van der Waals surface area contributed by atoms with E-state index in [9.17, 15) is 13.2 Å². The minimum Gasteiger partial charge on any atom is -0.373 e. The van der Waals surface area contributed by atoms with E-state index in [1.165, 1.54) is 12.5 Å². The molecule has 0 bridgehead atoms. The van der Waals surface area contributed by atoms with Crippen molar-refractivity contribution in [3.8, 4) is 11.1 Å². The summed E-state index contributed by atoms with van der Waals surface area (Å²) in [6.07, 6.45) is 7.23. The van der Waals surface area contributed by atoms with Gasteiger partial charge in [-0.3, -0.25) is 0 Å². The van der Waals surface area contributed by atoms with Crippen molar-refractivity contribution in [2.45, 2.75) is 71.3 Å². The van der Waals surface area contributed by atoms with Crippen LogP contribution in [-0.4, -0.2) is 6.61 Å². The fourth-order valence-corrected chi connectivity index (χ4v) is 4.09. The van der Waals surface area contributed by atoms with Gasteiger partial charge in [0.1, 0.15) is 5.82 Å². The van der Waals surface area contributed by atoms with Gasteiger partial charge in [-0.1, -0.05) is 57.4 Å². The molecule has 4 heteroatoms. The van der Waals surface area contributed by atoms with Crippen molar-refractivity contribution in [2.24, 2.45) is 5.92 Å². The average molecular weight is 405 g/mol. The van der Waals surface area contributed by atoms with Crippen molar-refractivity contribution in [1.29, 1.82) is 0 Å². The highest BCUT2D eigenvalue weighted by Gasteiger charge is 2.27. The Hall–Kier alpha value is -1.81. The van der Waals surface area contributed by atoms with Gasteiger partial charge in [-0.05, 0) is 55.2 Å². The van der Waals surface area contributed by atoms with Crippen LogP contribution >= 0.6 is 0 Å². The van der Waals surface area contributed by atoms with Crippen LogP contribution in [0.1, 0.15) is 76.0 Å². The molecule has 0 spiro atoms. The summed E-state index contributed by atoms with van der Waals surface area (Å²) in [4.78, 5) is 0. The molecule has 2 aromatic rings. The molecule has 0 amide bonds. The van der Waals surface area contributed by atoms with Crippen LogP contribution < -0.4 is 0 Å². The molecule has 1 nitrogen and oxygen atoms in total. The molecule has 0 aliphatic carbocycles. The quantitative estimate of drug-likeness (QED) is 0.437. The highest BCUT2D eigenvalue weighted by atomic mass is 19.2. The van der Waals surface area contributed by atoms with E-state index in [4.69, 9.17) is 4.74 Å². The molecule has 1 aliphatic heterocycles. The maximum absolute atomic E-state index is 14.8. The molecule has 1 saturated heterocycles. The zero-order valence-electron chi connectivity index (χ0n) is 17.4. The number of rotatable bonds is 8. The predicted octanol–water partition coefficient (Wildman–Crippen LogP) is 7.77. The van der Waals surface area contributed by atoms with E-state index in [0.29, 0.717) is 36.5 Å². The molecular weight excluding hydrogens is 373 g/mol. The first-order valence-corrected chi connectivity index (χ1v) is 10.9. The third kappa shape index (κ3) is 5.22. The van der Waals surface area contributed by atoms with Crippen LogP contribution in [0, 0.1) is 23.4 Å². The summed E-state index contributed by atoms with van der Waals surface area (Å²) in [5.74, 6) is -1.67. The Balaban J connectivity index is 1.76. The Morgan fingerprint density at radius 3 is 2.38 bits per heavy atom. The maximum Gasteiger partial charge on any atom is 0.167 e. The van der Waals surface area contributed by atoms with Gasteiger partial charge < -0.3 is 4.74 Å². The highest BCUT2D eigenvalue weighted by molar-refractivity contribution is 5.65. The number of hydrogen-bond acceptors (Lipinski definition) is 1. The second kappa shape index (κ2) is 10.3. The zero-order chi connectivity index (χ0) is 20.8. The molecule has 1 heterocycles. The van der Waals surface area contributed by atoms with E-state index in [-0.39, 0.29) is 16.9 Å². The lowest BCUT2D eigenvalue weighted by Crippen LogP contribution is -2.21. The van der Waals surface area contributed by atoms with E-state index in [1.54, 1.807) is 24.3 Å². The minimum absolute atomic E-state index is 0.0869. The Kier molecular flexibility index (Phi) is 7.77. The van der Waals surface area contributed by atoms with Gasteiger partial charge in [-0.2, -0.15) is 0 Å². The van der Waals surface area contributed by atoms with Crippen molar-refractivity contribution in [3.05, 3.63) is 58.9 Å². The Labute approximate surface area is 172 Å². The van der Waals surface area contributed by atoms with Gasteiger partial charge in [-0.25, -0.2) is 13.2 Å². The smallest absolute Gasteiger partial charge is 0.167 e. The first kappa shape index (κ1) is 21.9. The first-order valence-electron chi connectivity index (χ1n) is 10.9. The molecule has 2 unspecified atom stereocenters. The van der Waals surface area contributed by atoms with Gasteiger partial charge >= 0.3 is 0 Å². The van der Waals surface area contributed by atoms with Gasteiger partial charge in [0, 0.05) is 11.1 Å². The van der Waals surface area contributed by atoms with E-state index < -0.39 is 17.7 Å². The van der Waals surface area contributed by atoms with Crippen LogP contribution in [0.15, 0.2) is 30.3 Å². The fraction of sp³-hybridized carbons (Fsp3) is 0.520. The number of benzene rings is 2. The third-order valence-electron chi connectivity index (χ3n) is 5.96. The zero-order valence-corrected chi connectivity index (χ0v) is 17.4. The van der Waals surface area contributed by atoms with Gasteiger partial charge in [0.2, 0.25) is 0 Å². The summed E-state index contributed by atoms with van der Waals surface area (Å²) in [5.41, 5.74) is 1.32. The predicted molar refractivity (Wildman–Crippen MR) is 111 cm³/mol. The maximum atomic E-state index is 14.8. The molecule has 29 heavy (non-hydrogen) atoms. The Morgan fingerprint density at radius 1 is 0.931 bits per heavy atom. The van der Waals surface area contributed by atoms with Crippen molar-refractivity contribution in [2.75, 3.05) is 6.61 Å². The van der Waals surface area contributed by atoms with Gasteiger partial charge in [0.15, 0.2) is 11.6 Å². The molecular formula is C25H31F3O. The monoisotopic (exact) mass is 404 g/mol. The van der Waals surface area contributed by atoms with Crippen LogP contribution in [-0.2, 0) is 11.2 Å². The third-order valence-corrected chi connectivity index (χ3v) is 5.96. The van der Waals surface area contributed by atoms with Gasteiger partial charge in [-0.15, -0.1) is 0 Å². The van der Waals surface area contributed by atoms with Crippen molar-refractivity contribution < 1.29 is 17.9 Å². The topological polar surface area (TPSA) is 9.23 Å². The molecule has 0 aromatic heterocycles. The van der Waals surface area contributed by atoms with Crippen LogP contribution in [0.5, 0.6) is 0 Å². The molecule has 3 rings (SSSR count). The van der Waals surface area contributed by atoms with Crippen molar-refractivity contribution in [1.82, 2.24) is 0 Å². The van der Waals surface area contributed by atoms with Crippen LogP contribution in [0.3, 0.4) is 0 Å². The Bertz CT molecular complexity index is 810. The van der Waals surface area contributed by atoms with E-state index in [0.717, 1.165) is 32.1 Å². The summed E-state index contributed by atoms with van der Waals surface area (Å²) in [6, 6.07) is 7.78. The van der Waals surface area contributed by atoms with Crippen LogP contribution in [0.25, 0.3) is 11.1 Å². The van der Waals surface area contributed by atoms with E-state index in [2.05, 4.69) is 6.92 Å². The second-order valence-corrected chi connectivity index (χ2v) is 8.15. The summed E-state index contributed by atoms with van der Waals surface area (Å²) in [5, 5.41) is 0. The Morgan fingerprint density at radius 2 is 1.72 bits per heavy atom. The number of unbranched alkanes of at least 4 members (excludes halogenated alkanes) is 2. The minimum atomic E-state index is -0.931. The van der Waals surface area contributed by atoms with Crippen molar-refractivity contribution in [3.63, 3.8) is 0 Å². The van der Waals surface area contributed by atoms with Crippen molar-refractivity contribution >= 4 is 0 Å². The lowest BCUT2D eigenvalue weighted by atomic mass is 9.90. The SMILES string of the molecule is CCCCc1ccc(-c2ccc(C3CCC(CCCC)CO3)c(F)c2F)cc1F. The van der Waals surface area contributed by atoms with E-state index in [1.807, 2.05) is 6.92 Å². The summed E-state index contributed by atoms with van der Waals surface area (Å²) in [7, 11) is 0. The van der Waals surface area contributed by atoms with Crippen LogP contribution in [0.2, 0.25) is 0 Å². The number of aryl methyl sites for hydroxylation is 1. The molecule has 0 radical (unpaired) electrons. The summed E-state index contributed by atoms with van der Waals surface area (Å²) >= 11 is 0. The largest absolute Gasteiger partial charge is 0.373 e. The molecule has 1 fully saturated rings. The number of halogens is 3. The average Bonchev–Trinajstić information content (AvgIpc) is 2.74. The molecule has 1 aliphatic rings. The highest BCUT2D eigenvalue weighted by Crippen LogP contribution is 2.36. The lowest BCUT2D eigenvalue weighted by molar-refractivity contribution is -0.0217. The molecule has 2 aromatic carbocycles. The number of ether oxygens (including phenoxy) is 1. The molecule has 158 valence electrons. The summed E-state index contributed by atoms with van der Waals surface area (Å²) in [6.45, 7) is 4.81. The molecule has 0 saturated carbocycles. The van der Waals surface area contributed by atoms with E-state index >= 15 is 0 Å². The van der Waals surface area contributed by atoms with Crippen LogP contribution in [0.4, 0.5) is 13.2 Å².